The average molecular weight is 258 g/mol. The van der Waals surface area contributed by atoms with Crippen LogP contribution >= 0.6 is 0 Å². The summed E-state index contributed by atoms with van der Waals surface area (Å²) in [6.07, 6.45) is 2.84. The van der Waals surface area contributed by atoms with Crippen LogP contribution in [0.3, 0.4) is 0 Å². The van der Waals surface area contributed by atoms with E-state index in [1.165, 1.54) is 18.5 Å². The topological polar surface area (TPSA) is 121 Å². The van der Waals surface area contributed by atoms with E-state index in [4.69, 9.17) is 21.0 Å². The third kappa shape index (κ3) is 4.26. The van der Waals surface area contributed by atoms with Crippen molar-refractivity contribution in [3.05, 3.63) is 59.2 Å². The first-order valence-corrected chi connectivity index (χ1v) is 5.26. The van der Waals surface area contributed by atoms with Crippen LogP contribution in [0.4, 0.5) is 0 Å². The Morgan fingerprint density at radius 3 is 1.65 bits per heavy atom. The maximum Gasteiger partial charge on any atom is 0.142 e. The minimum Gasteiger partial charge on any atom is -0.262 e. The lowest BCUT2D eigenvalue weighted by Crippen LogP contribution is -1.84. The molecule has 0 unspecified atom stereocenters. The predicted molar refractivity (Wildman–Crippen MR) is 67.3 cm³/mol. The van der Waals surface area contributed by atoms with Gasteiger partial charge in [-0.1, -0.05) is 6.07 Å². The van der Waals surface area contributed by atoms with Crippen LogP contribution in [0.5, 0.6) is 0 Å². The van der Waals surface area contributed by atoms with Gasteiger partial charge in [-0.25, -0.2) is 4.98 Å². The molecule has 0 fully saturated rings. The second-order valence-corrected chi connectivity index (χ2v) is 3.32. The minimum absolute atomic E-state index is 0.277. The van der Waals surface area contributed by atoms with Crippen LogP contribution in [-0.2, 0) is 0 Å². The molecule has 6 nitrogen and oxygen atoms in total. The van der Waals surface area contributed by atoms with Crippen molar-refractivity contribution in [2.24, 2.45) is 0 Å². The van der Waals surface area contributed by atoms with Crippen LogP contribution in [0.1, 0.15) is 22.5 Å². The van der Waals surface area contributed by atoms with Crippen LogP contribution in [0.15, 0.2) is 36.7 Å². The first-order valence-electron chi connectivity index (χ1n) is 5.26. The fourth-order valence-corrected chi connectivity index (χ4v) is 1.12. The highest BCUT2D eigenvalue weighted by atomic mass is 14.7. The fourth-order valence-electron chi connectivity index (χ4n) is 1.12. The molecule has 0 radical (unpaired) electrons. The smallest absolute Gasteiger partial charge is 0.142 e. The molecule has 0 saturated heterocycles. The summed E-state index contributed by atoms with van der Waals surface area (Å²) in [5.41, 5.74) is 1.39. The molecule has 0 amide bonds. The summed E-state index contributed by atoms with van der Waals surface area (Å²) in [4.78, 5) is 7.37. The first kappa shape index (κ1) is 14.3. The lowest BCUT2D eigenvalue weighted by molar-refractivity contribution is 1.22. The fraction of sp³-hybridized carbons (Fsp3) is 0. The van der Waals surface area contributed by atoms with Crippen molar-refractivity contribution in [1.82, 2.24) is 9.97 Å². The molecule has 0 aliphatic carbocycles. The number of rotatable bonds is 0. The lowest BCUT2D eigenvalue weighted by Gasteiger charge is -1.85. The average Bonchev–Trinajstić information content (AvgIpc) is 2.55. The monoisotopic (exact) mass is 258 g/mol. The van der Waals surface area contributed by atoms with Gasteiger partial charge in [-0.2, -0.15) is 21.0 Å². The molecule has 6 heteroatoms. The second kappa shape index (κ2) is 7.56. The van der Waals surface area contributed by atoms with E-state index >= 15 is 0 Å². The van der Waals surface area contributed by atoms with E-state index in [0.717, 1.165) is 0 Å². The molecule has 0 aliphatic heterocycles. The standard InChI is InChI=1S/2C7H3N3/c8-2-6-1-7(3-9)5-10-4-6;8-4-6-2-1-3-7(5-9)10-6/h1,4-5H;1-3H. The zero-order valence-electron chi connectivity index (χ0n) is 10.1. The molecule has 0 spiro atoms. The molecule has 0 saturated carbocycles. The summed E-state index contributed by atoms with van der Waals surface area (Å²) < 4.78 is 0. The van der Waals surface area contributed by atoms with Gasteiger partial charge in [0.25, 0.3) is 0 Å². The number of nitrogens with zero attached hydrogens (tertiary/aromatic N) is 6. The quantitative estimate of drug-likeness (QED) is 0.708. The molecule has 0 aromatic carbocycles. The molecule has 0 aliphatic rings. The summed E-state index contributed by atoms with van der Waals surface area (Å²) in [5.74, 6) is 0. The summed E-state index contributed by atoms with van der Waals surface area (Å²) in [6, 6.07) is 13.7. The van der Waals surface area contributed by atoms with Gasteiger partial charge in [0.1, 0.15) is 35.7 Å². The van der Waals surface area contributed by atoms with Crippen molar-refractivity contribution in [3.63, 3.8) is 0 Å². The maximum atomic E-state index is 8.36. The van der Waals surface area contributed by atoms with Crippen molar-refractivity contribution < 1.29 is 0 Å². The highest BCUT2D eigenvalue weighted by Gasteiger charge is 1.92. The molecule has 2 heterocycles. The van der Waals surface area contributed by atoms with Crippen molar-refractivity contribution in [1.29, 1.82) is 21.0 Å². The summed E-state index contributed by atoms with van der Waals surface area (Å²) in [7, 11) is 0. The van der Waals surface area contributed by atoms with Gasteiger partial charge in [0, 0.05) is 12.4 Å². The van der Waals surface area contributed by atoms with Crippen molar-refractivity contribution in [2.45, 2.75) is 0 Å². The van der Waals surface area contributed by atoms with Gasteiger partial charge in [0.15, 0.2) is 0 Å². The number of hydrogen-bond donors (Lipinski definition) is 0. The first-order chi connectivity index (χ1) is 9.73. The van der Waals surface area contributed by atoms with Crippen LogP contribution in [0.2, 0.25) is 0 Å². The largest absolute Gasteiger partial charge is 0.262 e. The number of aromatic nitrogens is 2. The highest BCUT2D eigenvalue weighted by Crippen LogP contribution is 1.98. The molecule has 0 atom stereocenters. The maximum absolute atomic E-state index is 8.36. The Morgan fingerprint density at radius 2 is 1.25 bits per heavy atom. The summed E-state index contributed by atoms with van der Waals surface area (Å²) in [5, 5.41) is 33.4. The van der Waals surface area contributed by atoms with E-state index in [-0.39, 0.29) is 11.4 Å². The Hall–Kier alpha value is -3.74. The van der Waals surface area contributed by atoms with Gasteiger partial charge in [-0.05, 0) is 18.2 Å². The van der Waals surface area contributed by atoms with E-state index in [1.807, 2.05) is 24.3 Å². The van der Waals surface area contributed by atoms with Gasteiger partial charge in [-0.15, -0.1) is 0 Å². The third-order valence-corrected chi connectivity index (χ3v) is 1.97. The summed E-state index contributed by atoms with van der Waals surface area (Å²) in [6.45, 7) is 0. The molecular weight excluding hydrogens is 252 g/mol. The van der Waals surface area contributed by atoms with Gasteiger partial charge in [0.05, 0.1) is 11.1 Å². The van der Waals surface area contributed by atoms with E-state index in [9.17, 15) is 0 Å². The minimum atomic E-state index is 0.277. The Labute approximate surface area is 115 Å². The molecule has 0 bridgehead atoms. The normalized spacial score (nSPS) is 7.80. The Bertz CT molecular complexity index is 642. The van der Waals surface area contributed by atoms with Gasteiger partial charge < -0.3 is 0 Å². The van der Waals surface area contributed by atoms with Crippen LogP contribution in [-0.4, -0.2) is 9.97 Å². The number of nitriles is 4. The Morgan fingerprint density at radius 1 is 0.750 bits per heavy atom. The van der Waals surface area contributed by atoms with E-state index in [0.29, 0.717) is 11.1 Å². The van der Waals surface area contributed by atoms with Crippen LogP contribution in [0.25, 0.3) is 0 Å². The van der Waals surface area contributed by atoms with E-state index < -0.39 is 0 Å². The predicted octanol–water partition coefficient (Wildman–Crippen LogP) is 1.65. The van der Waals surface area contributed by atoms with Crippen LogP contribution < -0.4 is 0 Å². The molecule has 2 aromatic heterocycles. The Balaban J connectivity index is 0.000000200. The SMILES string of the molecule is N#Cc1cccc(C#N)n1.N#Cc1cncc(C#N)c1. The zero-order chi connectivity index (χ0) is 14.8. The van der Waals surface area contributed by atoms with Crippen molar-refractivity contribution in [3.8, 4) is 24.3 Å². The van der Waals surface area contributed by atoms with E-state index in [1.54, 1.807) is 18.2 Å². The molecule has 2 aromatic rings. The molecule has 2 rings (SSSR count). The van der Waals surface area contributed by atoms with Gasteiger partial charge >= 0.3 is 0 Å². The molecule has 20 heavy (non-hydrogen) atoms. The number of pyridine rings is 2. The van der Waals surface area contributed by atoms with Gasteiger partial charge in [-0.3, -0.25) is 4.98 Å². The molecule has 92 valence electrons. The highest BCUT2D eigenvalue weighted by molar-refractivity contribution is 5.35. The number of hydrogen-bond acceptors (Lipinski definition) is 6. The molecule has 0 N–H and O–H groups in total. The Kier molecular flexibility index (Phi) is 5.41. The van der Waals surface area contributed by atoms with E-state index in [2.05, 4.69) is 9.97 Å². The lowest BCUT2D eigenvalue weighted by atomic mass is 10.2. The van der Waals surface area contributed by atoms with Crippen molar-refractivity contribution in [2.75, 3.05) is 0 Å². The molecular formula is C14H6N6. The zero-order valence-corrected chi connectivity index (χ0v) is 10.1. The summed E-state index contributed by atoms with van der Waals surface area (Å²) >= 11 is 0. The van der Waals surface area contributed by atoms with Gasteiger partial charge in [0.2, 0.25) is 0 Å². The third-order valence-electron chi connectivity index (χ3n) is 1.97. The second-order valence-electron chi connectivity index (χ2n) is 3.32. The van der Waals surface area contributed by atoms with Crippen molar-refractivity contribution >= 4 is 0 Å². The van der Waals surface area contributed by atoms with Crippen LogP contribution in [0, 0.1) is 45.3 Å².